The summed E-state index contributed by atoms with van der Waals surface area (Å²) < 4.78 is 0. The lowest BCUT2D eigenvalue weighted by atomic mass is 9.90. The van der Waals surface area contributed by atoms with Gasteiger partial charge in [0.1, 0.15) is 5.66 Å². The molecule has 3 heteroatoms. The fourth-order valence-corrected chi connectivity index (χ4v) is 4.27. The van der Waals surface area contributed by atoms with Crippen molar-refractivity contribution in [2.45, 2.75) is 11.7 Å². The Kier molecular flexibility index (Phi) is 4.12. The minimum absolute atomic E-state index is 0.323. The zero-order valence-corrected chi connectivity index (χ0v) is 14.7. The number of likely N-dealkylation sites (N-methyl/N-ethyl adjacent to an activating group) is 2. The Labute approximate surface area is 149 Å². The van der Waals surface area contributed by atoms with Gasteiger partial charge in [0.05, 0.1) is 0 Å². The number of pyridine rings is 1. The first-order valence-corrected chi connectivity index (χ1v) is 8.69. The first-order valence-electron chi connectivity index (χ1n) is 8.69. The highest BCUT2D eigenvalue weighted by Crippen LogP contribution is 2.47. The minimum Gasteiger partial charge on any atom is -0.279 e. The molecule has 1 aromatic heterocycles. The lowest BCUT2D eigenvalue weighted by molar-refractivity contribution is 0.0758. The van der Waals surface area contributed by atoms with Crippen LogP contribution in [0.1, 0.15) is 22.7 Å². The van der Waals surface area contributed by atoms with E-state index in [1.54, 1.807) is 0 Å². The van der Waals surface area contributed by atoms with Crippen LogP contribution in [0.3, 0.4) is 0 Å². The van der Waals surface area contributed by atoms with Crippen LogP contribution < -0.4 is 0 Å². The summed E-state index contributed by atoms with van der Waals surface area (Å²) >= 11 is 0. The van der Waals surface area contributed by atoms with E-state index in [9.17, 15) is 0 Å². The minimum atomic E-state index is -0.323. The van der Waals surface area contributed by atoms with Gasteiger partial charge in [0.2, 0.25) is 0 Å². The summed E-state index contributed by atoms with van der Waals surface area (Å²) in [6, 6.07) is 26.0. The normalized spacial score (nSPS) is 24.5. The fraction of sp³-hybridized carbons (Fsp3) is 0.227. The Morgan fingerprint density at radius 2 is 1.48 bits per heavy atom. The average Bonchev–Trinajstić information content (AvgIpc) is 2.95. The number of hydrogen-bond donors (Lipinski definition) is 0. The molecule has 0 N–H and O–H groups in total. The molecule has 0 bridgehead atoms. The van der Waals surface area contributed by atoms with Crippen LogP contribution in [-0.4, -0.2) is 35.4 Å². The summed E-state index contributed by atoms with van der Waals surface area (Å²) in [5.74, 6) is 0. The first kappa shape index (κ1) is 16.0. The van der Waals surface area contributed by atoms with Crippen LogP contribution in [0.2, 0.25) is 0 Å². The van der Waals surface area contributed by atoms with Gasteiger partial charge in [0.15, 0.2) is 0 Å². The number of benzene rings is 2. The number of hydrogen-bond acceptors (Lipinski definition) is 3. The van der Waals surface area contributed by atoms with Gasteiger partial charge in [-0.3, -0.25) is 14.8 Å². The third kappa shape index (κ3) is 2.48. The van der Waals surface area contributed by atoms with Crippen molar-refractivity contribution in [3.8, 4) is 0 Å². The zero-order valence-electron chi connectivity index (χ0n) is 14.7. The van der Waals surface area contributed by atoms with Crippen LogP contribution in [0, 0.1) is 0 Å². The van der Waals surface area contributed by atoms with Gasteiger partial charge in [-0.1, -0.05) is 66.7 Å². The Morgan fingerprint density at radius 3 is 2.12 bits per heavy atom. The van der Waals surface area contributed by atoms with Gasteiger partial charge in [0.25, 0.3) is 0 Å². The lowest BCUT2D eigenvalue weighted by Gasteiger charge is -2.42. The molecule has 0 radical (unpaired) electrons. The molecule has 1 aliphatic heterocycles. The van der Waals surface area contributed by atoms with E-state index in [0.717, 1.165) is 6.54 Å². The molecule has 1 saturated heterocycles. The second-order valence-corrected chi connectivity index (χ2v) is 6.70. The van der Waals surface area contributed by atoms with E-state index in [2.05, 4.69) is 95.6 Å². The van der Waals surface area contributed by atoms with Crippen LogP contribution in [-0.2, 0) is 5.66 Å². The van der Waals surface area contributed by atoms with E-state index in [4.69, 9.17) is 0 Å². The maximum atomic E-state index is 4.41. The van der Waals surface area contributed by atoms with E-state index >= 15 is 0 Å². The summed E-state index contributed by atoms with van der Waals surface area (Å²) in [6.07, 6.45) is 3.83. The fourth-order valence-electron chi connectivity index (χ4n) is 4.27. The Hall–Kier alpha value is -2.49. The van der Waals surface area contributed by atoms with Crippen molar-refractivity contribution in [2.24, 2.45) is 0 Å². The maximum Gasteiger partial charge on any atom is 0.128 e. The van der Waals surface area contributed by atoms with Gasteiger partial charge in [-0.2, -0.15) is 0 Å². The van der Waals surface area contributed by atoms with Crippen molar-refractivity contribution >= 4 is 0 Å². The van der Waals surface area contributed by atoms with E-state index in [1.165, 1.54) is 16.7 Å². The number of aromatic nitrogens is 1. The molecule has 3 nitrogen and oxygen atoms in total. The lowest BCUT2D eigenvalue weighted by Crippen LogP contribution is -2.49. The quantitative estimate of drug-likeness (QED) is 0.726. The van der Waals surface area contributed by atoms with Crippen LogP contribution in [0.15, 0.2) is 85.2 Å². The molecular weight excluding hydrogens is 306 g/mol. The first-order chi connectivity index (χ1) is 12.2. The zero-order chi connectivity index (χ0) is 17.3. The summed E-state index contributed by atoms with van der Waals surface area (Å²) in [4.78, 5) is 9.34. The predicted octanol–water partition coefficient (Wildman–Crippen LogP) is 3.90. The van der Waals surface area contributed by atoms with E-state index in [-0.39, 0.29) is 5.66 Å². The van der Waals surface area contributed by atoms with Crippen LogP contribution in [0.5, 0.6) is 0 Å². The molecule has 0 unspecified atom stereocenters. The largest absolute Gasteiger partial charge is 0.279 e. The highest BCUT2D eigenvalue weighted by molar-refractivity contribution is 5.39. The van der Waals surface area contributed by atoms with Crippen LogP contribution in [0.25, 0.3) is 0 Å². The maximum absolute atomic E-state index is 4.41. The van der Waals surface area contributed by atoms with Gasteiger partial charge in [-0.05, 0) is 31.3 Å². The molecule has 0 amide bonds. The van der Waals surface area contributed by atoms with Crippen molar-refractivity contribution in [1.29, 1.82) is 0 Å². The number of nitrogens with zero attached hydrogens (tertiary/aromatic N) is 3. The Bertz CT molecular complexity index is 778. The molecule has 2 atom stereocenters. The van der Waals surface area contributed by atoms with Crippen LogP contribution >= 0.6 is 0 Å². The molecular formula is C22H23N3. The molecule has 2 aromatic carbocycles. The standard InChI is InChI=1S/C22H23N3/c1-24-17-21(18-10-5-3-6-11-18)25(2)22(24,19-12-7-4-8-13-19)20-14-9-15-23-16-20/h3-16,21H,17H2,1-2H3/t21-,22+/m1/s1. The molecule has 1 fully saturated rings. The van der Waals surface area contributed by atoms with Gasteiger partial charge < -0.3 is 0 Å². The summed E-state index contributed by atoms with van der Waals surface area (Å²) in [5.41, 5.74) is 3.49. The molecule has 1 aliphatic rings. The Balaban J connectivity index is 1.90. The highest BCUT2D eigenvalue weighted by atomic mass is 15.5. The summed E-state index contributed by atoms with van der Waals surface area (Å²) in [7, 11) is 4.43. The van der Waals surface area contributed by atoms with Gasteiger partial charge >= 0.3 is 0 Å². The van der Waals surface area contributed by atoms with E-state index < -0.39 is 0 Å². The molecule has 0 aliphatic carbocycles. The van der Waals surface area contributed by atoms with Crippen molar-refractivity contribution in [3.63, 3.8) is 0 Å². The topological polar surface area (TPSA) is 19.4 Å². The van der Waals surface area contributed by atoms with Crippen molar-refractivity contribution in [2.75, 3.05) is 20.6 Å². The molecule has 25 heavy (non-hydrogen) atoms. The van der Waals surface area contributed by atoms with Gasteiger partial charge in [-0.15, -0.1) is 0 Å². The highest BCUT2D eigenvalue weighted by Gasteiger charge is 2.51. The second kappa shape index (κ2) is 6.43. The summed E-state index contributed by atoms with van der Waals surface area (Å²) in [5, 5.41) is 0. The summed E-state index contributed by atoms with van der Waals surface area (Å²) in [6.45, 7) is 0.963. The smallest absolute Gasteiger partial charge is 0.128 e. The molecule has 0 spiro atoms. The third-order valence-electron chi connectivity index (χ3n) is 5.40. The van der Waals surface area contributed by atoms with Crippen molar-refractivity contribution in [3.05, 3.63) is 102 Å². The predicted molar refractivity (Wildman–Crippen MR) is 101 cm³/mol. The molecule has 0 saturated carbocycles. The average molecular weight is 329 g/mol. The van der Waals surface area contributed by atoms with E-state index in [0.29, 0.717) is 6.04 Å². The van der Waals surface area contributed by atoms with Crippen molar-refractivity contribution < 1.29 is 0 Å². The SMILES string of the molecule is CN1C[C@H](c2ccccc2)N(C)[C@@]1(c1ccccc1)c1cccnc1. The number of rotatable bonds is 3. The molecule has 2 heterocycles. The monoisotopic (exact) mass is 329 g/mol. The molecule has 3 aromatic rings. The second-order valence-electron chi connectivity index (χ2n) is 6.70. The molecule has 4 rings (SSSR count). The van der Waals surface area contributed by atoms with Gasteiger partial charge in [0, 0.05) is 30.5 Å². The van der Waals surface area contributed by atoms with Crippen molar-refractivity contribution in [1.82, 2.24) is 14.8 Å². The third-order valence-corrected chi connectivity index (χ3v) is 5.40. The Morgan fingerprint density at radius 1 is 0.840 bits per heavy atom. The van der Waals surface area contributed by atoms with E-state index in [1.807, 2.05) is 18.5 Å². The molecule has 126 valence electrons. The van der Waals surface area contributed by atoms with Crippen LogP contribution in [0.4, 0.5) is 0 Å². The van der Waals surface area contributed by atoms with Gasteiger partial charge in [-0.25, -0.2) is 0 Å².